The molecule has 6 heteroatoms. The van der Waals surface area contributed by atoms with E-state index in [1.807, 2.05) is 6.92 Å². The summed E-state index contributed by atoms with van der Waals surface area (Å²) in [5.41, 5.74) is 0. The Bertz CT molecular complexity index is 502. The molecule has 0 aromatic carbocycles. The molecule has 2 saturated heterocycles. The number of carbonyl (C=O) groups excluding carboxylic acids is 1. The second-order valence-electron chi connectivity index (χ2n) is 6.55. The van der Waals surface area contributed by atoms with Gasteiger partial charge < -0.3 is 9.42 Å². The van der Waals surface area contributed by atoms with E-state index in [-0.39, 0.29) is 12.0 Å². The summed E-state index contributed by atoms with van der Waals surface area (Å²) in [5, 5.41) is 3.86. The molecule has 6 nitrogen and oxygen atoms in total. The quantitative estimate of drug-likeness (QED) is 0.856. The highest BCUT2D eigenvalue weighted by atomic mass is 16.5. The third kappa shape index (κ3) is 3.32. The van der Waals surface area contributed by atoms with Crippen LogP contribution in [0, 0.1) is 12.8 Å². The van der Waals surface area contributed by atoms with Gasteiger partial charge in [0.25, 0.3) is 0 Å². The van der Waals surface area contributed by atoms with Crippen LogP contribution in [0.2, 0.25) is 0 Å². The van der Waals surface area contributed by atoms with Crippen LogP contribution < -0.4 is 0 Å². The maximum absolute atomic E-state index is 12.6. The number of nitrogens with zero attached hydrogens (tertiary/aromatic N) is 4. The van der Waals surface area contributed by atoms with Crippen molar-refractivity contribution in [3.8, 4) is 0 Å². The van der Waals surface area contributed by atoms with Crippen molar-refractivity contribution in [1.82, 2.24) is 19.9 Å². The average Bonchev–Trinajstić information content (AvgIpc) is 3.01. The van der Waals surface area contributed by atoms with Crippen molar-refractivity contribution in [3.63, 3.8) is 0 Å². The van der Waals surface area contributed by atoms with Crippen molar-refractivity contribution in [2.75, 3.05) is 26.2 Å². The zero-order chi connectivity index (χ0) is 15.5. The van der Waals surface area contributed by atoms with Gasteiger partial charge in [-0.25, -0.2) is 0 Å². The van der Waals surface area contributed by atoms with Crippen LogP contribution in [-0.4, -0.2) is 52.0 Å². The van der Waals surface area contributed by atoms with Crippen molar-refractivity contribution >= 4 is 5.91 Å². The molecule has 0 radical (unpaired) electrons. The molecule has 122 valence electrons. The summed E-state index contributed by atoms with van der Waals surface area (Å²) in [5.74, 6) is 1.93. The summed E-state index contributed by atoms with van der Waals surface area (Å²) in [7, 11) is 0. The Morgan fingerprint density at radius 3 is 2.45 bits per heavy atom. The van der Waals surface area contributed by atoms with Gasteiger partial charge in [-0.3, -0.25) is 9.69 Å². The first kappa shape index (κ1) is 15.5. The molecule has 0 spiro atoms. The van der Waals surface area contributed by atoms with Crippen molar-refractivity contribution in [2.24, 2.45) is 5.92 Å². The average molecular weight is 306 g/mol. The number of likely N-dealkylation sites (tertiary alicyclic amines) is 2. The monoisotopic (exact) mass is 306 g/mol. The third-order valence-corrected chi connectivity index (χ3v) is 4.99. The molecule has 3 heterocycles. The highest BCUT2D eigenvalue weighted by molar-refractivity contribution is 5.79. The number of carbonyl (C=O) groups is 1. The molecule has 1 amide bonds. The first-order valence-corrected chi connectivity index (χ1v) is 8.48. The lowest BCUT2D eigenvalue weighted by atomic mass is 9.93. The van der Waals surface area contributed by atoms with Gasteiger partial charge >= 0.3 is 0 Å². The van der Waals surface area contributed by atoms with Gasteiger partial charge in [-0.1, -0.05) is 5.16 Å². The maximum Gasteiger partial charge on any atom is 0.243 e. The minimum absolute atomic E-state index is 0.132. The number of hydrogen-bond acceptors (Lipinski definition) is 5. The fourth-order valence-electron chi connectivity index (χ4n) is 3.55. The van der Waals surface area contributed by atoms with E-state index in [1.165, 1.54) is 6.42 Å². The number of piperidine rings is 2. The highest BCUT2D eigenvalue weighted by Crippen LogP contribution is 2.27. The smallest absolute Gasteiger partial charge is 0.243 e. The second kappa shape index (κ2) is 6.77. The standard InChI is InChI=1S/C16H26N4O2/c1-12(15-17-13(2)18-22-15)19-10-6-14(7-11-19)16(21)20-8-4-3-5-9-20/h12,14H,3-11H2,1-2H3. The topological polar surface area (TPSA) is 62.5 Å². The normalized spacial score (nSPS) is 22.7. The zero-order valence-corrected chi connectivity index (χ0v) is 13.6. The predicted molar refractivity (Wildman–Crippen MR) is 82.2 cm³/mol. The van der Waals surface area contributed by atoms with E-state index >= 15 is 0 Å². The lowest BCUT2D eigenvalue weighted by Crippen LogP contribution is -2.44. The second-order valence-corrected chi connectivity index (χ2v) is 6.55. The van der Waals surface area contributed by atoms with Gasteiger partial charge in [-0.2, -0.15) is 4.98 Å². The number of aromatic nitrogens is 2. The van der Waals surface area contributed by atoms with Crippen molar-refractivity contribution < 1.29 is 9.32 Å². The van der Waals surface area contributed by atoms with Gasteiger partial charge in [0.2, 0.25) is 11.8 Å². The minimum Gasteiger partial charge on any atom is -0.342 e. The van der Waals surface area contributed by atoms with Crippen LogP contribution in [-0.2, 0) is 4.79 Å². The molecule has 2 aliphatic rings. The van der Waals surface area contributed by atoms with E-state index in [2.05, 4.69) is 26.9 Å². The van der Waals surface area contributed by atoms with E-state index in [9.17, 15) is 4.79 Å². The van der Waals surface area contributed by atoms with E-state index in [0.29, 0.717) is 17.6 Å². The first-order chi connectivity index (χ1) is 10.6. The third-order valence-electron chi connectivity index (χ3n) is 4.99. The fraction of sp³-hybridized carbons (Fsp3) is 0.812. The molecule has 1 aromatic rings. The summed E-state index contributed by atoms with van der Waals surface area (Å²) < 4.78 is 5.27. The Morgan fingerprint density at radius 1 is 1.18 bits per heavy atom. The summed E-state index contributed by atoms with van der Waals surface area (Å²) in [6, 6.07) is 0.132. The lowest BCUT2D eigenvalue weighted by Gasteiger charge is -2.37. The first-order valence-electron chi connectivity index (χ1n) is 8.48. The Labute approximate surface area is 131 Å². The molecule has 0 N–H and O–H groups in total. The number of aryl methyl sites for hydroxylation is 1. The van der Waals surface area contributed by atoms with Crippen LogP contribution in [0.1, 0.15) is 56.8 Å². The largest absolute Gasteiger partial charge is 0.342 e. The van der Waals surface area contributed by atoms with Gasteiger partial charge in [0.05, 0.1) is 6.04 Å². The van der Waals surface area contributed by atoms with Gasteiger partial charge in [0, 0.05) is 19.0 Å². The molecule has 1 unspecified atom stereocenters. The van der Waals surface area contributed by atoms with Crippen LogP contribution in [0.5, 0.6) is 0 Å². The molecule has 2 aliphatic heterocycles. The zero-order valence-electron chi connectivity index (χ0n) is 13.6. The fourth-order valence-corrected chi connectivity index (χ4v) is 3.55. The SMILES string of the molecule is Cc1noc(C(C)N2CCC(C(=O)N3CCCCC3)CC2)n1. The number of rotatable bonds is 3. The van der Waals surface area contributed by atoms with E-state index in [0.717, 1.165) is 51.9 Å². The maximum atomic E-state index is 12.6. The molecule has 22 heavy (non-hydrogen) atoms. The van der Waals surface area contributed by atoms with Crippen molar-refractivity contribution in [3.05, 3.63) is 11.7 Å². The summed E-state index contributed by atoms with van der Waals surface area (Å²) in [6.45, 7) is 7.69. The van der Waals surface area contributed by atoms with Gasteiger partial charge in [-0.05, 0) is 59.0 Å². The molecule has 1 aromatic heterocycles. The summed E-state index contributed by atoms with van der Waals surface area (Å²) >= 11 is 0. The molecule has 0 bridgehead atoms. The van der Waals surface area contributed by atoms with Crippen molar-refractivity contribution in [2.45, 2.75) is 52.0 Å². The number of hydrogen-bond donors (Lipinski definition) is 0. The van der Waals surface area contributed by atoms with Crippen molar-refractivity contribution in [1.29, 1.82) is 0 Å². The van der Waals surface area contributed by atoms with Gasteiger partial charge in [-0.15, -0.1) is 0 Å². The van der Waals surface area contributed by atoms with Gasteiger partial charge in [0.1, 0.15) is 0 Å². The Balaban J connectivity index is 1.52. The van der Waals surface area contributed by atoms with E-state index in [4.69, 9.17) is 4.52 Å². The minimum atomic E-state index is 0.132. The Kier molecular flexibility index (Phi) is 4.76. The molecular weight excluding hydrogens is 280 g/mol. The van der Waals surface area contributed by atoms with Crippen LogP contribution in [0.4, 0.5) is 0 Å². The molecule has 0 saturated carbocycles. The van der Waals surface area contributed by atoms with E-state index < -0.39 is 0 Å². The molecule has 3 rings (SSSR count). The van der Waals surface area contributed by atoms with Crippen LogP contribution >= 0.6 is 0 Å². The lowest BCUT2D eigenvalue weighted by molar-refractivity contribution is -0.138. The highest BCUT2D eigenvalue weighted by Gasteiger charge is 2.32. The molecule has 2 fully saturated rings. The van der Waals surface area contributed by atoms with E-state index in [1.54, 1.807) is 0 Å². The summed E-state index contributed by atoms with van der Waals surface area (Å²) in [6.07, 6.45) is 5.47. The molecular formula is C16H26N4O2. The van der Waals surface area contributed by atoms with Gasteiger partial charge in [0.15, 0.2) is 5.82 Å². The number of amides is 1. The predicted octanol–water partition coefficient (Wildman–Crippen LogP) is 2.16. The Hall–Kier alpha value is -1.43. The molecule has 1 atom stereocenters. The Morgan fingerprint density at radius 2 is 1.86 bits per heavy atom. The van der Waals surface area contributed by atoms with Crippen LogP contribution in [0.15, 0.2) is 4.52 Å². The van der Waals surface area contributed by atoms with Crippen LogP contribution in [0.25, 0.3) is 0 Å². The summed E-state index contributed by atoms with van der Waals surface area (Å²) in [4.78, 5) is 21.3. The molecule has 0 aliphatic carbocycles. The van der Waals surface area contributed by atoms with Crippen LogP contribution in [0.3, 0.4) is 0 Å².